The Bertz CT molecular complexity index is 2250. The van der Waals surface area contributed by atoms with E-state index in [0.717, 1.165) is 16.5 Å². The molecule has 61 heavy (non-hydrogen) atoms. The number of hydrogen-bond donors (Lipinski definition) is 6. The maximum Gasteiger partial charge on any atom is 0.407 e. The molecule has 0 saturated heterocycles. The molecule has 0 saturated carbocycles. The minimum absolute atomic E-state index is 0.0180. The van der Waals surface area contributed by atoms with Crippen molar-refractivity contribution < 1.29 is 43.3 Å². The van der Waals surface area contributed by atoms with E-state index in [4.69, 9.17) is 20.2 Å². The molecule has 0 unspecified atom stereocenters. The number of unbranched alkanes of at least 4 members (excludes halogenated alkanes) is 1. The molecule has 5 rings (SSSR count). The molecule has 0 radical (unpaired) electrons. The summed E-state index contributed by atoms with van der Waals surface area (Å²) in [6.07, 6.45) is 0.866. The summed E-state index contributed by atoms with van der Waals surface area (Å²) in [5.74, 6) is -2.94. The summed E-state index contributed by atoms with van der Waals surface area (Å²) in [5.41, 5.74) is 6.42. The molecule has 330 valence electrons. The van der Waals surface area contributed by atoms with Gasteiger partial charge in [-0.3, -0.25) is 24.0 Å². The van der Waals surface area contributed by atoms with Crippen LogP contribution in [0.25, 0.3) is 22.3 Å². The largest absolute Gasteiger partial charge is 0.458 e. The Morgan fingerprint density at radius 3 is 2.41 bits per heavy atom. The number of esters is 1. The number of alkyl carbamates (subject to hydrolysis) is 1. The van der Waals surface area contributed by atoms with Crippen LogP contribution in [0, 0.1) is 0 Å². The van der Waals surface area contributed by atoms with E-state index in [2.05, 4.69) is 21.3 Å². The van der Waals surface area contributed by atoms with Crippen LogP contribution in [0.2, 0.25) is 0 Å². The molecule has 0 bridgehead atoms. The van der Waals surface area contributed by atoms with Crippen molar-refractivity contribution in [3.8, 4) is 11.4 Å². The van der Waals surface area contributed by atoms with E-state index in [0.29, 0.717) is 42.7 Å². The van der Waals surface area contributed by atoms with Crippen molar-refractivity contribution >= 4 is 46.6 Å². The molecule has 0 fully saturated rings. The van der Waals surface area contributed by atoms with E-state index in [1.807, 2.05) is 31.2 Å². The fraction of sp³-hybridized carbons (Fsp3) is 0.535. The first-order chi connectivity index (χ1) is 28.8. The minimum atomic E-state index is -1.96. The molecule has 0 spiro atoms. The highest BCUT2D eigenvalue weighted by Crippen LogP contribution is 2.40. The normalized spacial score (nSPS) is 16.8. The summed E-state index contributed by atoms with van der Waals surface area (Å²) in [6, 6.07) is 6.27. The lowest BCUT2D eigenvalue weighted by molar-refractivity contribution is -0.172. The standard InChI is InChI=1S/C43H58N8O10/c1-8-43(59)30-20-33-35-28(22-51(33)39(56)29(30)23-60-40(43)57)26(27-14-10-11-15-31(27)48-35)17-19-50(9-2)34(52)21-46-38(55)32(49-37(54)25(4)47-36(53)24(3)44)16-12-13-18-45-41(58)61-42(5,6)7/h10-11,14-15,20,24-25,32,59H,8-9,12-13,16-19,21-23,44H2,1-7H3,(H,45,58)(H,46,55)(H,47,53)(H,49,54)/t24-,25-,32-,43-/m0/s1. The Balaban J connectivity index is 1.29. The van der Waals surface area contributed by atoms with Crippen molar-refractivity contribution in [3.05, 3.63) is 62.9 Å². The third-order valence-electron chi connectivity index (χ3n) is 10.9. The number of carbonyl (C=O) groups excluding carboxylic acids is 6. The molecule has 7 N–H and O–H groups in total. The second-order valence-electron chi connectivity index (χ2n) is 16.5. The number of aromatic nitrogens is 2. The van der Waals surface area contributed by atoms with Crippen LogP contribution in [0.3, 0.4) is 0 Å². The number of ether oxygens (including phenoxy) is 2. The van der Waals surface area contributed by atoms with Gasteiger partial charge in [-0.05, 0) is 91.3 Å². The van der Waals surface area contributed by atoms with Gasteiger partial charge < -0.3 is 51.0 Å². The van der Waals surface area contributed by atoms with Gasteiger partial charge in [0.2, 0.25) is 23.6 Å². The van der Waals surface area contributed by atoms with E-state index in [1.165, 1.54) is 13.8 Å². The molecule has 18 heteroatoms. The summed E-state index contributed by atoms with van der Waals surface area (Å²) < 4.78 is 12.1. The summed E-state index contributed by atoms with van der Waals surface area (Å²) in [6.45, 7) is 12.1. The van der Waals surface area contributed by atoms with Crippen LogP contribution < -0.4 is 32.6 Å². The molecule has 4 heterocycles. The van der Waals surface area contributed by atoms with E-state index in [1.54, 1.807) is 43.2 Å². The van der Waals surface area contributed by atoms with Crippen LogP contribution in [-0.4, -0.2) is 105 Å². The van der Waals surface area contributed by atoms with E-state index in [9.17, 15) is 38.7 Å². The van der Waals surface area contributed by atoms with Crippen molar-refractivity contribution in [2.24, 2.45) is 5.73 Å². The number of amides is 5. The van der Waals surface area contributed by atoms with Crippen LogP contribution in [-0.2, 0) is 58.6 Å². The number of aliphatic hydroxyl groups is 1. The molecule has 3 aromatic rings. The number of nitrogens with one attached hydrogen (secondary N) is 4. The second-order valence-corrected chi connectivity index (χ2v) is 16.5. The smallest absolute Gasteiger partial charge is 0.407 e. The SMILES string of the molecule is CCN(CCc1c2c(nc3ccccc13)-c1cc3c(c(=O)n1C2)COC(=O)[C@]3(O)CC)C(=O)CNC(=O)[C@H](CCCCNC(=O)OC(C)(C)C)NC(=O)[C@H](C)NC(=O)[C@H](C)N. The third-order valence-corrected chi connectivity index (χ3v) is 10.9. The minimum Gasteiger partial charge on any atom is -0.458 e. The number of rotatable bonds is 17. The van der Waals surface area contributed by atoms with Gasteiger partial charge in [-0.1, -0.05) is 25.1 Å². The fourth-order valence-electron chi connectivity index (χ4n) is 7.46. The molecule has 18 nitrogen and oxygen atoms in total. The molecule has 4 atom stereocenters. The Kier molecular flexibility index (Phi) is 14.6. The Labute approximate surface area is 354 Å². The number of nitrogens with two attached hydrogens (primary N) is 1. The number of fused-ring (bicyclic) bond motifs is 5. The van der Waals surface area contributed by atoms with Gasteiger partial charge in [-0.15, -0.1) is 0 Å². The van der Waals surface area contributed by atoms with Crippen LogP contribution >= 0.6 is 0 Å². The van der Waals surface area contributed by atoms with E-state index < -0.39 is 59.1 Å². The zero-order chi connectivity index (χ0) is 44.8. The zero-order valence-electron chi connectivity index (χ0n) is 35.9. The lowest BCUT2D eigenvalue weighted by atomic mass is 9.86. The van der Waals surface area contributed by atoms with Gasteiger partial charge in [0.25, 0.3) is 5.56 Å². The monoisotopic (exact) mass is 846 g/mol. The number of para-hydroxylation sites is 1. The maximum atomic E-state index is 13.9. The zero-order valence-corrected chi connectivity index (χ0v) is 35.9. The van der Waals surface area contributed by atoms with Crippen LogP contribution in [0.5, 0.6) is 0 Å². The van der Waals surface area contributed by atoms with Gasteiger partial charge in [0.15, 0.2) is 5.60 Å². The van der Waals surface area contributed by atoms with Crippen LogP contribution in [0.15, 0.2) is 35.1 Å². The summed E-state index contributed by atoms with van der Waals surface area (Å²) in [5, 5.41) is 22.7. The van der Waals surface area contributed by atoms with Gasteiger partial charge >= 0.3 is 12.1 Å². The molecular weight excluding hydrogens is 789 g/mol. The van der Waals surface area contributed by atoms with Gasteiger partial charge in [0.1, 0.15) is 24.3 Å². The summed E-state index contributed by atoms with van der Waals surface area (Å²) in [7, 11) is 0. The molecule has 2 aliphatic rings. The Morgan fingerprint density at radius 2 is 1.74 bits per heavy atom. The first-order valence-corrected chi connectivity index (χ1v) is 20.8. The molecule has 2 aromatic heterocycles. The third kappa shape index (κ3) is 10.5. The number of benzene rings is 1. The molecular formula is C43H58N8O10. The number of likely N-dealkylation sites (N-methyl/N-ethyl adjacent to an activating group) is 1. The number of pyridine rings is 2. The second kappa shape index (κ2) is 19.2. The quantitative estimate of drug-likeness (QED) is 0.0655. The number of nitrogens with zero attached hydrogens (tertiary/aromatic N) is 3. The van der Waals surface area contributed by atoms with Gasteiger partial charge in [0.05, 0.1) is 41.6 Å². The summed E-state index contributed by atoms with van der Waals surface area (Å²) in [4.78, 5) is 97.6. The van der Waals surface area contributed by atoms with Crippen molar-refractivity contribution in [2.45, 2.75) is 123 Å². The van der Waals surface area contributed by atoms with E-state index >= 15 is 0 Å². The first-order valence-electron chi connectivity index (χ1n) is 20.8. The first kappa shape index (κ1) is 46.2. The van der Waals surface area contributed by atoms with Crippen LogP contribution in [0.1, 0.15) is 96.4 Å². The lowest BCUT2D eigenvalue weighted by Crippen LogP contribution is -2.55. The molecule has 1 aromatic carbocycles. The molecule has 5 amide bonds. The number of hydrogen-bond acceptors (Lipinski definition) is 12. The fourth-order valence-corrected chi connectivity index (χ4v) is 7.46. The van der Waals surface area contributed by atoms with Gasteiger partial charge in [0, 0.05) is 36.1 Å². The lowest BCUT2D eigenvalue weighted by Gasteiger charge is -2.31. The highest BCUT2D eigenvalue weighted by molar-refractivity contribution is 5.94. The van der Waals surface area contributed by atoms with Gasteiger partial charge in [-0.25, -0.2) is 14.6 Å². The highest BCUT2D eigenvalue weighted by atomic mass is 16.6. The maximum absolute atomic E-state index is 13.9. The Hall–Kier alpha value is -5.88. The number of carbonyl (C=O) groups is 6. The van der Waals surface area contributed by atoms with Crippen molar-refractivity contribution in [2.75, 3.05) is 26.2 Å². The van der Waals surface area contributed by atoms with Crippen molar-refractivity contribution in [3.63, 3.8) is 0 Å². The Morgan fingerprint density at radius 1 is 1.02 bits per heavy atom. The van der Waals surface area contributed by atoms with Gasteiger partial charge in [-0.2, -0.15) is 0 Å². The average molecular weight is 847 g/mol. The average Bonchev–Trinajstić information content (AvgIpc) is 3.58. The number of cyclic esters (lactones) is 1. The predicted molar refractivity (Wildman–Crippen MR) is 225 cm³/mol. The topological polar surface area (TPSA) is 253 Å². The van der Waals surface area contributed by atoms with E-state index in [-0.39, 0.29) is 68.2 Å². The van der Waals surface area contributed by atoms with Crippen LogP contribution in [0.4, 0.5) is 4.79 Å². The molecule has 2 aliphatic heterocycles. The predicted octanol–water partition coefficient (Wildman–Crippen LogP) is 1.62. The van der Waals surface area contributed by atoms with Crippen molar-refractivity contribution in [1.82, 2.24) is 35.7 Å². The highest BCUT2D eigenvalue weighted by Gasteiger charge is 2.45. The summed E-state index contributed by atoms with van der Waals surface area (Å²) >= 11 is 0. The molecule has 0 aliphatic carbocycles. The van der Waals surface area contributed by atoms with Crippen molar-refractivity contribution in [1.29, 1.82) is 0 Å².